The highest BCUT2D eigenvalue weighted by Crippen LogP contribution is 2.13. The first-order chi connectivity index (χ1) is 6.45. The molecule has 0 aliphatic rings. The zero-order chi connectivity index (χ0) is 10.8. The van der Waals surface area contributed by atoms with Crippen molar-refractivity contribution < 1.29 is 8.42 Å². The summed E-state index contributed by atoms with van der Waals surface area (Å²) in [5, 5.41) is 0. The van der Waals surface area contributed by atoms with Crippen LogP contribution < -0.4 is 11.5 Å². The largest absolute Gasteiger partial charge is 0.383 e. The van der Waals surface area contributed by atoms with E-state index in [1.807, 2.05) is 0 Å². The summed E-state index contributed by atoms with van der Waals surface area (Å²) >= 11 is 0. The minimum atomic E-state index is -3.35. The van der Waals surface area contributed by atoms with E-state index in [-0.39, 0.29) is 10.7 Å². The van der Waals surface area contributed by atoms with Crippen molar-refractivity contribution in [3.05, 3.63) is 12.0 Å². The van der Waals surface area contributed by atoms with E-state index in [1.165, 1.54) is 6.20 Å². The average Bonchev–Trinajstić information content (AvgIpc) is 2.02. The van der Waals surface area contributed by atoms with E-state index in [0.29, 0.717) is 18.8 Å². The molecule has 0 unspecified atom stereocenters. The fourth-order valence-corrected chi connectivity index (χ4v) is 1.63. The lowest BCUT2D eigenvalue weighted by atomic mass is 10.4. The number of rotatable bonds is 3. The van der Waals surface area contributed by atoms with Gasteiger partial charge < -0.3 is 11.5 Å². The van der Waals surface area contributed by atoms with E-state index >= 15 is 0 Å². The van der Waals surface area contributed by atoms with Crippen LogP contribution in [-0.2, 0) is 16.3 Å². The van der Waals surface area contributed by atoms with Crippen molar-refractivity contribution >= 4 is 15.7 Å². The van der Waals surface area contributed by atoms with Gasteiger partial charge in [-0.1, -0.05) is 0 Å². The molecule has 1 rings (SSSR count). The first-order valence-electron chi connectivity index (χ1n) is 3.96. The van der Waals surface area contributed by atoms with Crippen molar-refractivity contribution in [1.82, 2.24) is 9.97 Å². The third-order valence-electron chi connectivity index (χ3n) is 1.60. The van der Waals surface area contributed by atoms with Gasteiger partial charge in [0.05, 0.1) is 6.20 Å². The number of hydrogen-bond donors (Lipinski definition) is 2. The van der Waals surface area contributed by atoms with Crippen LogP contribution in [0, 0.1) is 0 Å². The van der Waals surface area contributed by atoms with Crippen LogP contribution in [0.1, 0.15) is 5.82 Å². The molecule has 78 valence electrons. The van der Waals surface area contributed by atoms with Gasteiger partial charge in [-0.2, -0.15) is 0 Å². The predicted octanol–water partition coefficient (Wildman–Crippen LogP) is -1.04. The van der Waals surface area contributed by atoms with Crippen molar-refractivity contribution in [2.24, 2.45) is 5.73 Å². The second-order valence-corrected chi connectivity index (χ2v) is 4.83. The molecule has 0 saturated heterocycles. The lowest BCUT2D eigenvalue weighted by Crippen LogP contribution is -2.11. The Morgan fingerprint density at radius 3 is 2.57 bits per heavy atom. The second-order valence-electron chi connectivity index (χ2n) is 2.85. The molecule has 0 bridgehead atoms. The summed E-state index contributed by atoms with van der Waals surface area (Å²) < 4.78 is 22.3. The van der Waals surface area contributed by atoms with Crippen LogP contribution >= 0.6 is 0 Å². The molecule has 6 nitrogen and oxygen atoms in total. The van der Waals surface area contributed by atoms with Gasteiger partial charge in [0.1, 0.15) is 16.5 Å². The fraction of sp³-hybridized carbons (Fsp3) is 0.429. The minimum absolute atomic E-state index is 0.0223. The average molecular weight is 216 g/mol. The Balaban J connectivity index is 3.15. The molecule has 1 heterocycles. The van der Waals surface area contributed by atoms with E-state index in [1.54, 1.807) is 0 Å². The van der Waals surface area contributed by atoms with Crippen LogP contribution in [0.4, 0.5) is 5.82 Å². The number of anilines is 1. The summed E-state index contributed by atoms with van der Waals surface area (Å²) in [5.74, 6) is 0.434. The summed E-state index contributed by atoms with van der Waals surface area (Å²) in [4.78, 5) is 7.64. The van der Waals surface area contributed by atoms with Crippen LogP contribution in [0.15, 0.2) is 11.1 Å². The Labute approximate surface area is 82.3 Å². The Morgan fingerprint density at radius 1 is 1.50 bits per heavy atom. The molecule has 1 aromatic heterocycles. The van der Waals surface area contributed by atoms with Gasteiger partial charge in [0, 0.05) is 12.7 Å². The predicted molar refractivity (Wildman–Crippen MR) is 52.3 cm³/mol. The maximum Gasteiger partial charge on any atom is 0.180 e. The van der Waals surface area contributed by atoms with E-state index in [2.05, 4.69) is 9.97 Å². The number of nitrogens with zero attached hydrogens (tertiary/aromatic N) is 2. The van der Waals surface area contributed by atoms with E-state index in [4.69, 9.17) is 11.5 Å². The lowest BCUT2D eigenvalue weighted by Gasteiger charge is -2.03. The maximum absolute atomic E-state index is 11.1. The van der Waals surface area contributed by atoms with Gasteiger partial charge in [0.25, 0.3) is 0 Å². The second kappa shape index (κ2) is 3.89. The quantitative estimate of drug-likeness (QED) is 0.667. The van der Waals surface area contributed by atoms with E-state index in [0.717, 1.165) is 6.26 Å². The Kier molecular flexibility index (Phi) is 3.02. The Morgan fingerprint density at radius 2 is 2.14 bits per heavy atom. The zero-order valence-electron chi connectivity index (χ0n) is 7.77. The molecular weight excluding hydrogens is 204 g/mol. The number of hydrogen-bond acceptors (Lipinski definition) is 6. The topological polar surface area (TPSA) is 112 Å². The summed E-state index contributed by atoms with van der Waals surface area (Å²) in [7, 11) is -3.35. The van der Waals surface area contributed by atoms with Crippen molar-refractivity contribution in [1.29, 1.82) is 0 Å². The monoisotopic (exact) mass is 216 g/mol. The SMILES string of the molecule is CS(=O)(=O)c1cnc(CCN)nc1N. The summed E-state index contributed by atoms with van der Waals surface area (Å²) in [6, 6.07) is 0. The minimum Gasteiger partial charge on any atom is -0.383 e. The first kappa shape index (κ1) is 10.9. The lowest BCUT2D eigenvalue weighted by molar-refractivity contribution is 0.601. The van der Waals surface area contributed by atoms with Gasteiger partial charge in [0.2, 0.25) is 0 Å². The molecule has 0 aliphatic heterocycles. The summed E-state index contributed by atoms with van der Waals surface area (Å²) in [6.45, 7) is 0.400. The molecule has 0 radical (unpaired) electrons. The van der Waals surface area contributed by atoms with Crippen LogP contribution in [-0.4, -0.2) is 31.2 Å². The molecule has 4 N–H and O–H groups in total. The summed E-state index contributed by atoms with van der Waals surface area (Å²) in [5.41, 5.74) is 10.8. The van der Waals surface area contributed by atoms with Crippen molar-refractivity contribution in [2.45, 2.75) is 11.3 Å². The third-order valence-corrected chi connectivity index (χ3v) is 2.71. The zero-order valence-corrected chi connectivity index (χ0v) is 8.58. The van der Waals surface area contributed by atoms with Crippen molar-refractivity contribution in [3.63, 3.8) is 0 Å². The number of nitrogens with two attached hydrogens (primary N) is 2. The van der Waals surface area contributed by atoms with Gasteiger partial charge in [-0.15, -0.1) is 0 Å². The molecule has 0 saturated carbocycles. The molecule has 1 aromatic rings. The molecule has 7 heteroatoms. The van der Waals surface area contributed by atoms with Crippen LogP contribution in [0.2, 0.25) is 0 Å². The highest BCUT2D eigenvalue weighted by Gasteiger charge is 2.13. The van der Waals surface area contributed by atoms with Crippen LogP contribution in [0.5, 0.6) is 0 Å². The smallest absolute Gasteiger partial charge is 0.180 e. The maximum atomic E-state index is 11.1. The van der Waals surface area contributed by atoms with Gasteiger partial charge in [-0.3, -0.25) is 0 Å². The van der Waals surface area contributed by atoms with Crippen LogP contribution in [0.3, 0.4) is 0 Å². The van der Waals surface area contributed by atoms with Gasteiger partial charge in [-0.25, -0.2) is 18.4 Å². The number of nitrogen functional groups attached to an aromatic ring is 1. The Bertz CT molecular complexity index is 429. The fourth-order valence-electron chi connectivity index (χ4n) is 0.958. The normalized spacial score (nSPS) is 11.6. The van der Waals surface area contributed by atoms with Gasteiger partial charge >= 0.3 is 0 Å². The third kappa shape index (κ3) is 2.39. The van der Waals surface area contributed by atoms with Crippen molar-refractivity contribution in [3.8, 4) is 0 Å². The van der Waals surface area contributed by atoms with Gasteiger partial charge in [-0.05, 0) is 6.54 Å². The van der Waals surface area contributed by atoms with Crippen molar-refractivity contribution in [2.75, 3.05) is 18.5 Å². The number of aromatic nitrogens is 2. The molecular formula is C7H12N4O2S. The molecule has 0 amide bonds. The molecule has 0 atom stereocenters. The Hall–Kier alpha value is -1.21. The van der Waals surface area contributed by atoms with E-state index in [9.17, 15) is 8.42 Å². The number of sulfone groups is 1. The molecule has 0 spiro atoms. The molecule has 0 aromatic carbocycles. The molecule has 0 fully saturated rings. The summed E-state index contributed by atoms with van der Waals surface area (Å²) in [6.07, 6.45) is 2.75. The van der Waals surface area contributed by atoms with E-state index < -0.39 is 9.84 Å². The molecule has 14 heavy (non-hydrogen) atoms. The molecule has 0 aliphatic carbocycles. The van der Waals surface area contributed by atoms with Gasteiger partial charge in [0.15, 0.2) is 9.84 Å². The first-order valence-corrected chi connectivity index (χ1v) is 5.86. The standard InChI is InChI=1S/C7H12N4O2S/c1-14(12,13)5-4-10-6(2-3-8)11-7(5)9/h4H,2-3,8H2,1H3,(H2,9,10,11). The highest BCUT2D eigenvalue weighted by atomic mass is 32.2. The highest BCUT2D eigenvalue weighted by molar-refractivity contribution is 7.90. The van der Waals surface area contributed by atoms with Crippen LogP contribution in [0.25, 0.3) is 0 Å².